The van der Waals surface area contributed by atoms with E-state index in [-0.39, 0.29) is 11.6 Å². The van der Waals surface area contributed by atoms with Gasteiger partial charge in [-0.2, -0.15) is 10.2 Å². The van der Waals surface area contributed by atoms with Crippen molar-refractivity contribution in [2.24, 2.45) is 0 Å². The van der Waals surface area contributed by atoms with Gasteiger partial charge < -0.3 is 0 Å². The van der Waals surface area contributed by atoms with Crippen LogP contribution in [-0.4, -0.2) is 24.5 Å². The number of nitrogens with zero attached hydrogens (tertiary/aromatic N) is 5. The molecule has 8 heteroatoms. The molecule has 2 rings (SSSR count). The summed E-state index contributed by atoms with van der Waals surface area (Å²) in [6, 6.07) is 0.192. The fourth-order valence-corrected chi connectivity index (χ4v) is 2.08. The molecule has 0 spiro atoms. The third kappa shape index (κ3) is 2.54. The Kier molecular flexibility index (Phi) is 3.96. The van der Waals surface area contributed by atoms with Crippen LogP contribution in [0.25, 0.3) is 0 Å². The Balaban J connectivity index is 2.38. The van der Waals surface area contributed by atoms with Crippen LogP contribution in [0.5, 0.6) is 0 Å². The Hall–Kier alpha value is -1.02. The van der Waals surface area contributed by atoms with E-state index in [1.54, 1.807) is 10.9 Å². The predicted molar refractivity (Wildman–Crippen MR) is 73.4 cm³/mol. The van der Waals surface area contributed by atoms with E-state index in [1.807, 2.05) is 13.8 Å². The molecule has 96 valence electrons. The number of aromatic nitrogens is 5. The summed E-state index contributed by atoms with van der Waals surface area (Å²) in [5.41, 5.74) is -0.206. The molecule has 0 aliphatic rings. The van der Waals surface area contributed by atoms with Gasteiger partial charge >= 0.3 is 0 Å². The first-order valence-corrected chi connectivity index (χ1v) is 6.88. The molecule has 0 aromatic carbocycles. The van der Waals surface area contributed by atoms with Gasteiger partial charge in [0.1, 0.15) is 23.2 Å². The van der Waals surface area contributed by atoms with Gasteiger partial charge in [0, 0.05) is 6.04 Å². The molecule has 2 aromatic heterocycles. The number of hydrogen-bond donors (Lipinski definition) is 0. The molecule has 2 aromatic rings. The average molecular weight is 377 g/mol. The summed E-state index contributed by atoms with van der Waals surface area (Å²) in [5.74, 6) is 0.703. The number of halogens is 2. The van der Waals surface area contributed by atoms with Crippen LogP contribution in [0, 0.1) is 0 Å². The molecule has 0 unspecified atom stereocenters. The van der Waals surface area contributed by atoms with Gasteiger partial charge in [0.05, 0.1) is 10.7 Å². The largest absolute Gasteiger partial charge is 0.282 e. The molecule has 0 saturated carbocycles. The zero-order chi connectivity index (χ0) is 13.3. The first-order valence-electron chi connectivity index (χ1n) is 5.30. The maximum atomic E-state index is 12.0. The molecule has 2 heterocycles. The molecule has 0 fully saturated rings. The van der Waals surface area contributed by atoms with Crippen LogP contribution in [0.15, 0.2) is 26.3 Å². The van der Waals surface area contributed by atoms with E-state index in [2.05, 4.69) is 47.0 Å². The lowest BCUT2D eigenvalue weighted by molar-refractivity contribution is 0.481. The van der Waals surface area contributed by atoms with E-state index < -0.39 is 0 Å². The Morgan fingerprint density at radius 3 is 2.72 bits per heavy atom. The van der Waals surface area contributed by atoms with Gasteiger partial charge in [-0.3, -0.25) is 4.79 Å². The second-order valence-electron chi connectivity index (χ2n) is 3.98. The normalized spacial score (nSPS) is 11.2. The highest BCUT2D eigenvalue weighted by Gasteiger charge is 2.12. The van der Waals surface area contributed by atoms with E-state index in [0.29, 0.717) is 21.3 Å². The molecular formula is C10H11Br2N5O. The minimum Gasteiger partial charge on any atom is -0.266 e. The summed E-state index contributed by atoms with van der Waals surface area (Å²) in [6.07, 6.45) is 3.05. The number of rotatable bonds is 3. The summed E-state index contributed by atoms with van der Waals surface area (Å²) in [4.78, 5) is 16.1. The Morgan fingerprint density at radius 2 is 2.06 bits per heavy atom. The van der Waals surface area contributed by atoms with Crippen molar-refractivity contribution in [1.29, 1.82) is 0 Å². The summed E-state index contributed by atoms with van der Waals surface area (Å²) < 4.78 is 4.20. The monoisotopic (exact) mass is 375 g/mol. The SMILES string of the molecule is CC(C)n1ncnc1Cn1ncc(Br)c(Br)c1=O. The van der Waals surface area contributed by atoms with Crippen LogP contribution in [-0.2, 0) is 6.54 Å². The van der Waals surface area contributed by atoms with Gasteiger partial charge in [-0.15, -0.1) is 0 Å². The van der Waals surface area contributed by atoms with Gasteiger partial charge in [-0.1, -0.05) is 0 Å². The van der Waals surface area contributed by atoms with Crippen LogP contribution in [0.2, 0.25) is 0 Å². The molecule has 0 radical (unpaired) electrons. The van der Waals surface area contributed by atoms with Crippen molar-refractivity contribution < 1.29 is 0 Å². The van der Waals surface area contributed by atoms with Crippen LogP contribution in [0.4, 0.5) is 0 Å². The van der Waals surface area contributed by atoms with E-state index in [1.165, 1.54) is 11.0 Å². The molecular weight excluding hydrogens is 366 g/mol. The summed E-state index contributed by atoms with van der Waals surface area (Å²) in [6.45, 7) is 4.31. The topological polar surface area (TPSA) is 65.6 Å². The number of hydrogen-bond acceptors (Lipinski definition) is 4. The second-order valence-corrected chi connectivity index (χ2v) is 5.63. The molecule has 0 amide bonds. The van der Waals surface area contributed by atoms with Crippen molar-refractivity contribution in [3.63, 3.8) is 0 Å². The van der Waals surface area contributed by atoms with E-state index >= 15 is 0 Å². The lowest BCUT2D eigenvalue weighted by Crippen LogP contribution is -2.26. The highest BCUT2D eigenvalue weighted by Crippen LogP contribution is 2.16. The van der Waals surface area contributed by atoms with E-state index in [0.717, 1.165) is 0 Å². The third-order valence-electron chi connectivity index (χ3n) is 2.37. The minimum absolute atomic E-state index is 0.192. The van der Waals surface area contributed by atoms with E-state index in [4.69, 9.17) is 0 Å². The first-order chi connectivity index (χ1) is 8.50. The van der Waals surface area contributed by atoms with Crippen LogP contribution < -0.4 is 5.56 Å². The van der Waals surface area contributed by atoms with Crippen LogP contribution in [0.3, 0.4) is 0 Å². The van der Waals surface area contributed by atoms with Crippen molar-refractivity contribution in [3.8, 4) is 0 Å². The molecule has 0 aliphatic carbocycles. The average Bonchev–Trinajstić information content (AvgIpc) is 2.78. The van der Waals surface area contributed by atoms with Gasteiger partial charge in [-0.05, 0) is 45.7 Å². The van der Waals surface area contributed by atoms with E-state index in [9.17, 15) is 4.79 Å². The summed E-state index contributed by atoms with van der Waals surface area (Å²) in [7, 11) is 0. The lowest BCUT2D eigenvalue weighted by Gasteiger charge is -2.10. The fraction of sp³-hybridized carbons (Fsp3) is 0.400. The molecule has 0 bridgehead atoms. The Labute approximate surface area is 120 Å². The van der Waals surface area contributed by atoms with Crippen LogP contribution in [0.1, 0.15) is 25.7 Å². The first kappa shape index (κ1) is 13.4. The zero-order valence-corrected chi connectivity index (χ0v) is 13.0. The molecule has 18 heavy (non-hydrogen) atoms. The Bertz CT molecular complexity index is 619. The van der Waals surface area contributed by atoms with Gasteiger partial charge in [-0.25, -0.2) is 14.3 Å². The Morgan fingerprint density at radius 1 is 1.33 bits per heavy atom. The van der Waals surface area contributed by atoms with Crippen LogP contribution >= 0.6 is 31.9 Å². The van der Waals surface area contributed by atoms with Crippen molar-refractivity contribution in [2.45, 2.75) is 26.4 Å². The summed E-state index contributed by atoms with van der Waals surface area (Å²) in [5, 5.41) is 8.18. The second kappa shape index (κ2) is 5.31. The standard InChI is InChI=1S/C10H11Br2N5O/c1-6(2)17-8(13-5-15-17)4-16-10(18)9(12)7(11)3-14-16/h3,5-6H,4H2,1-2H3. The molecule has 6 nitrogen and oxygen atoms in total. The predicted octanol–water partition coefficient (Wildman–Crippen LogP) is 1.99. The fourth-order valence-electron chi connectivity index (χ4n) is 1.51. The third-order valence-corrected chi connectivity index (χ3v) is 4.27. The van der Waals surface area contributed by atoms with Crippen molar-refractivity contribution in [3.05, 3.63) is 37.6 Å². The van der Waals surface area contributed by atoms with Crippen molar-refractivity contribution in [1.82, 2.24) is 24.5 Å². The zero-order valence-electron chi connectivity index (χ0n) is 9.84. The van der Waals surface area contributed by atoms with Crippen molar-refractivity contribution >= 4 is 31.9 Å². The minimum atomic E-state index is -0.206. The van der Waals surface area contributed by atoms with Gasteiger partial charge in [0.25, 0.3) is 5.56 Å². The maximum absolute atomic E-state index is 12.0. The summed E-state index contributed by atoms with van der Waals surface area (Å²) >= 11 is 6.46. The molecule has 0 aliphatic heterocycles. The quantitative estimate of drug-likeness (QED) is 0.821. The highest BCUT2D eigenvalue weighted by molar-refractivity contribution is 9.13. The molecule has 0 N–H and O–H groups in total. The lowest BCUT2D eigenvalue weighted by atomic mass is 10.4. The van der Waals surface area contributed by atoms with Gasteiger partial charge in [0.2, 0.25) is 0 Å². The molecule has 0 saturated heterocycles. The van der Waals surface area contributed by atoms with Gasteiger partial charge in [0.15, 0.2) is 0 Å². The van der Waals surface area contributed by atoms with Crippen molar-refractivity contribution in [2.75, 3.05) is 0 Å². The smallest absolute Gasteiger partial charge is 0.266 e. The maximum Gasteiger partial charge on any atom is 0.282 e. The molecule has 0 atom stereocenters. The highest BCUT2D eigenvalue weighted by atomic mass is 79.9.